The highest BCUT2D eigenvalue weighted by molar-refractivity contribution is 5.97. The van der Waals surface area contributed by atoms with Gasteiger partial charge in [0.1, 0.15) is 30.0 Å². The molecule has 2 aromatic heterocycles. The van der Waals surface area contributed by atoms with Crippen LogP contribution in [-0.2, 0) is 0 Å². The second-order valence-corrected chi connectivity index (χ2v) is 12.7. The molecule has 0 atom stereocenters. The first-order chi connectivity index (χ1) is 21.3. The normalized spacial score (nSPS) is 18.8. The van der Waals surface area contributed by atoms with E-state index in [0.29, 0.717) is 12.4 Å². The van der Waals surface area contributed by atoms with Gasteiger partial charge in [0.15, 0.2) is 5.82 Å². The van der Waals surface area contributed by atoms with Crippen molar-refractivity contribution in [3.8, 4) is 11.6 Å². The first-order valence-corrected chi connectivity index (χ1v) is 15.8. The Labute approximate surface area is 258 Å². The third-order valence-electron chi connectivity index (χ3n) is 9.47. The lowest BCUT2D eigenvalue weighted by Crippen LogP contribution is -2.61. The van der Waals surface area contributed by atoms with Gasteiger partial charge in [0.25, 0.3) is 11.8 Å². The van der Waals surface area contributed by atoms with Crippen LogP contribution in [0.15, 0.2) is 43.1 Å². The summed E-state index contributed by atoms with van der Waals surface area (Å²) in [6.45, 7) is 13.5. The first kappa shape index (κ1) is 30.1. The summed E-state index contributed by atoms with van der Waals surface area (Å²) in [7, 11) is 0. The molecule has 3 saturated heterocycles. The average Bonchev–Trinajstić information content (AvgIpc) is 3.02. The van der Waals surface area contributed by atoms with Crippen molar-refractivity contribution in [3.63, 3.8) is 0 Å². The van der Waals surface area contributed by atoms with Gasteiger partial charge in [0.2, 0.25) is 0 Å². The number of carbonyl (C=O) groups is 1. The van der Waals surface area contributed by atoms with Crippen LogP contribution in [0.3, 0.4) is 0 Å². The third-order valence-corrected chi connectivity index (χ3v) is 9.47. The molecule has 0 aliphatic carbocycles. The average molecular weight is 604 g/mol. The molecule has 1 spiro atoms. The van der Waals surface area contributed by atoms with Gasteiger partial charge >= 0.3 is 0 Å². The predicted octanol–water partition coefficient (Wildman–Crippen LogP) is 4.28. The SMILES string of the molecule is CCN(C(=O)c1cc(F)ccc1Oc1nncnc1N1CC2(CCN(CC3CCN(c4ccncn4)CC3)CC2)C1)C(C)C. The summed E-state index contributed by atoms with van der Waals surface area (Å²) in [5.41, 5.74) is 0.412. The largest absolute Gasteiger partial charge is 0.434 e. The molecule has 0 N–H and O–H groups in total. The van der Waals surface area contributed by atoms with E-state index in [0.717, 1.165) is 70.4 Å². The van der Waals surface area contributed by atoms with E-state index in [9.17, 15) is 9.18 Å². The summed E-state index contributed by atoms with van der Waals surface area (Å²) in [5.74, 6) is 2.03. The molecule has 44 heavy (non-hydrogen) atoms. The summed E-state index contributed by atoms with van der Waals surface area (Å²) in [6, 6.07) is 5.94. The number of rotatable bonds is 9. The first-order valence-electron chi connectivity index (χ1n) is 15.8. The van der Waals surface area contributed by atoms with Crippen LogP contribution in [0.5, 0.6) is 11.6 Å². The van der Waals surface area contributed by atoms with Crippen molar-refractivity contribution < 1.29 is 13.9 Å². The zero-order chi connectivity index (χ0) is 30.7. The van der Waals surface area contributed by atoms with Gasteiger partial charge in [-0.25, -0.2) is 19.3 Å². The fourth-order valence-electron chi connectivity index (χ4n) is 6.92. The van der Waals surface area contributed by atoms with Crippen LogP contribution in [0.1, 0.15) is 56.8 Å². The fourth-order valence-corrected chi connectivity index (χ4v) is 6.92. The molecule has 3 aromatic rings. The Balaban J connectivity index is 1.04. The van der Waals surface area contributed by atoms with Crippen LogP contribution in [0.4, 0.5) is 16.0 Å². The zero-order valence-electron chi connectivity index (χ0n) is 25.9. The Kier molecular flexibility index (Phi) is 8.88. The minimum atomic E-state index is -0.498. The number of ether oxygens (including phenoxy) is 1. The smallest absolute Gasteiger partial charge is 0.282 e. The monoisotopic (exact) mass is 603 g/mol. The standard InChI is InChI=1S/C32H42FN9O2/c1-4-42(23(2)3)31(43)26-17-25(33)5-6-27(26)44-30-29(36-22-37-38-30)41-19-32(20-41)10-15-39(16-11-32)18-24-8-13-40(14-9-24)28-7-12-34-21-35-28/h5-7,12,17,21-24H,4,8-11,13-16,18-20H2,1-3H3. The fraction of sp³-hybridized carbons (Fsp3) is 0.562. The van der Waals surface area contributed by atoms with Gasteiger partial charge in [0, 0.05) is 56.9 Å². The number of nitrogens with zero attached hydrogens (tertiary/aromatic N) is 9. The van der Waals surface area contributed by atoms with Crippen molar-refractivity contribution in [1.82, 2.24) is 34.9 Å². The Hall–Kier alpha value is -3.93. The molecule has 6 rings (SSSR count). The molecular weight excluding hydrogens is 561 g/mol. The van der Waals surface area contributed by atoms with E-state index in [4.69, 9.17) is 4.74 Å². The number of carbonyl (C=O) groups excluding carboxylic acids is 1. The number of hydrogen-bond acceptors (Lipinski definition) is 10. The summed E-state index contributed by atoms with van der Waals surface area (Å²) in [4.78, 5) is 35.1. The molecule has 1 amide bonds. The lowest BCUT2D eigenvalue weighted by atomic mass is 9.72. The van der Waals surface area contributed by atoms with Gasteiger partial charge in [-0.15, -0.1) is 10.2 Å². The summed E-state index contributed by atoms with van der Waals surface area (Å²) in [6.07, 6.45) is 9.54. The Morgan fingerprint density at radius 3 is 2.52 bits per heavy atom. The van der Waals surface area contributed by atoms with Gasteiger partial charge in [-0.2, -0.15) is 0 Å². The van der Waals surface area contributed by atoms with E-state index >= 15 is 0 Å². The maximum absolute atomic E-state index is 14.2. The van der Waals surface area contributed by atoms with E-state index in [1.807, 2.05) is 33.0 Å². The van der Waals surface area contributed by atoms with Crippen LogP contribution < -0.4 is 14.5 Å². The van der Waals surface area contributed by atoms with E-state index in [1.54, 1.807) is 11.2 Å². The minimum absolute atomic E-state index is 0.0377. The van der Waals surface area contributed by atoms with Crippen molar-refractivity contribution in [1.29, 1.82) is 0 Å². The summed E-state index contributed by atoms with van der Waals surface area (Å²) in [5, 5.41) is 8.17. The Morgan fingerprint density at radius 1 is 1.07 bits per heavy atom. The predicted molar refractivity (Wildman–Crippen MR) is 165 cm³/mol. The molecule has 11 nitrogen and oxygen atoms in total. The van der Waals surface area contributed by atoms with Crippen molar-refractivity contribution >= 4 is 17.5 Å². The molecule has 3 fully saturated rings. The molecule has 5 heterocycles. The van der Waals surface area contributed by atoms with Gasteiger partial charge in [-0.1, -0.05) is 0 Å². The topological polar surface area (TPSA) is 104 Å². The van der Waals surface area contributed by atoms with Gasteiger partial charge in [-0.05, 0) is 89.7 Å². The number of amides is 1. The van der Waals surface area contributed by atoms with Crippen molar-refractivity contribution in [2.75, 3.05) is 62.2 Å². The maximum atomic E-state index is 14.2. The number of hydrogen-bond donors (Lipinski definition) is 0. The van der Waals surface area contributed by atoms with Crippen LogP contribution >= 0.6 is 0 Å². The molecule has 3 aliphatic rings. The second kappa shape index (κ2) is 13.0. The summed E-state index contributed by atoms with van der Waals surface area (Å²) < 4.78 is 20.4. The Bertz CT molecular complexity index is 1420. The Morgan fingerprint density at radius 2 is 1.84 bits per heavy atom. The molecule has 0 bridgehead atoms. The third kappa shape index (κ3) is 6.45. The van der Waals surface area contributed by atoms with Crippen molar-refractivity contribution in [2.24, 2.45) is 11.3 Å². The number of aromatic nitrogens is 5. The highest BCUT2D eigenvalue weighted by Gasteiger charge is 2.46. The molecule has 12 heteroatoms. The number of anilines is 2. The summed E-state index contributed by atoms with van der Waals surface area (Å²) >= 11 is 0. The van der Waals surface area contributed by atoms with Gasteiger partial charge in [0.05, 0.1) is 5.56 Å². The molecule has 0 saturated carbocycles. The zero-order valence-corrected chi connectivity index (χ0v) is 25.9. The number of benzene rings is 1. The number of piperidine rings is 2. The van der Waals surface area contributed by atoms with E-state index < -0.39 is 5.82 Å². The molecule has 234 valence electrons. The van der Waals surface area contributed by atoms with Crippen molar-refractivity contribution in [3.05, 3.63) is 54.5 Å². The van der Waals surface area contributed by atoms with Gasteiger partial charge in [-0.3, -0.25) is 4.79 Å². The second-order valence-electron chi connectivity index (χ2n) is 12.7. The molecular formula is C32H42FN9O2. The van der Waals surface area contributed by atoms with Gasteiger partial charge < -0.3 is 24.3 Å². The highest BCUT2D eigenvalue weighted by Crippen LogP contribution is 2.44. The van der Waals surface area contributed by atoms with Crippen LogP contribution in [0, 0.1) is 17.2 Å². The number of halogens is 1. The molecule has 1 aromatic carbocycles. The quantitative estimate of drug-likeness (QED) is 0.352. The van der Waals surface area contributed by atoms with Crippen LogP contribution in [-0.4, -0.2) is 99.3 Å². The molecule has 0 unspecified atom stereocenters. The van der Waals surface area contributed by atoms with Crippen molar-refractivity contribution in [2.45, 2.75) is 52.5 Å². The van der Waals surface area contributed by atoms with Crippen LogP contribution in [0.2, 0.25) is 0 Å². The minimum Gasteiger partial charge on any atom is -0.434 e. The maximum Gasteiger partial charge on any atom is 0.282 e. The van der Waals surface area contributed by atoms with E-state index in [2.05, 4.69) is 39.8 Å². The molecule has 0 radical (unpaired) electrons. The lowest BCUT2D eigenvalue weighted by molar-refractivity contribution is 0.0640. The highest BCUT2D eigenvalue weighted by atomic mass is 19.1. The lowest BCUT2D eigenvalue weighted by Gasteiger charge is -2.54. The number of likely N-dealkylation sites (tertiary alicyclic amines) is 1. The van der Waals surface area contributed by atoms with Crippen LogP contribution in [0.25, 0.3) is 0 Å². The van der Waals surface area contributed by atoms with E-state index in [-0.39, 0.29) is 34.6 Å². The molecule has 3 aliphatic heterocycles. The van der Waals surface area contributed by atoms with E-state index in [1.165, 1.54) is 37.4 Å².